The van der Waals surface area contributed by atoms with Gasteiger partial charge in [0.15, 0.2) is 0 Å². The van der Waals surface area contributed by atoms with E-state index in [4.69, 9.17) is 0 Å². The summed E-state index contributed by atoms with van der Waals surface area (Å²) < 4.78 is 0. The average molecular weight is 269 g/mol. The summed E-state index contributed by atoms with van der Waals surface area (Å²) >= 11 is 0. The standard InChI is InChI=1S/C17H23N3/c1-4-10-18-17-12-16(9-11-19-17)20(3)13-15-8-6-5-7-14(15)2/h5-9,11-12H,4,10,13H2,1-3H3,(H,18,19). The van der Waals surface area contributed by atoms with Crippen LogP contribution < -0.4 is 10.2 Å². The van der Waals surface area contributed by atoms with E-state index in [2.05, 4.69) is 72.5 Å². The summed E-state index contributed by atoms with van der Waals surface area (Å²) in [7, 11) is 2.12. The molecule has 0 amide bonds. The van der Waals surface area contributed by atoms with Crippen LogP contribution in [0.2, 0.25) is 0 Å². The summed E-state index contributed by atoms with van der Waals surface area (Å²) in [6, 6.07) is 12.7. The minimum atomic E-state index is 0.907. The van der Waals surface area contributed by atoms with Crippen LogP contribution in [0.5, 0.6) is 0 Å². The Hall–Kier alpha value is -2.03. The molecule has 1 heterocycles. The van der Waals surface area contributed by atoms with Crippen LogP contribution in [0.25, 0.3) is 0 Å². The van der Waals surface area contributed by atoms with E-state index in [1.54, 1.807) is 0 Å². The molecule has 0 spiro atoms. The lowest BCUT2D eigenvalue weighted by Gasteiger charge is -2.21. The summed E-state index contributed by atoms with van der Waals surface area (Å²) in [4.78, 5) is 6.60. The molecule has 20 heavy (non-hydrogen) atoms. The lowest BCUT2D eigenvalue weighted by atomic mass is 10.1. The highest BCUT2D eigenvalue weighted by molar-refractivity contribution is 5.53. The smallest absolute Gasteiger partial charge is 0.127 e. The molecule has 0 saturated carbocycles. The predicted octanol–water partition coefficient (Wildman–Crippen LogP) is 3.85. The zero-order chi connectivity index (χ0) is 14.4. The normalized spacial score (nSPS) is 10.3. The molecule has 0 bridgehead atoms. The fourth-order valence-corrected chi connectivity index (χ4v) is 2.14. The average Bonchev–Trinajstić information content (AvgIpc) is 2.48. The maximum absolute atomic E-state index is 4.35. The van der Waals surface area contributed by atoms with Crippen molar-refractivity contribution in [3.63, 3.8) is 0 Å². The number of anilines is 2. The molecule has 0 unspecified atom stereocenters. The molecule has 0 atom stereocenters. The number of hydrogen-bond donors (Lipinski definition) is 1. The minimum Gasteiger partial charge on any atom is -0.370 e. The molecule has 2 rings (SSSR count). The number of aromatic nitrogens is 1. The van der Waals surface area contributed by atoms with Gasteiger partial charge < -0.3 is 10.2 Å². The molecular weight excluding hydrogens is 246 g/mol. The van der Waals surface area contributed by atoms with E-state index in [9.17, 15) is 0 Å². The third-order valence-corrected chi connectivity index (χ3v) is 3.41. The van der Waals surface area contributed by atoms with Gasteiger partial charge >= 0.3 is 0 Å². The molecule has 3 nitrogen and oxygen atoms in total. The summed E-state index contributed by atoms with van der Waals surface area (Å²) in [6.45, 7) is 6.17. The summed E-state index contributed by atoms with van der Waals surface area (Å²) in [5.74, 6) is 0.945. The number of aryl methyl sites for hydroxylation is 1. The van der Waals surface area contributed by atoms with Gasteiger partial charge in [0, 0.05) is 38.1 Å². The second kappa shape index (κ2) is 6.94. The van der Waals surface area contributed by atoms with Gasteiger partial charge in [-0.2, -0.15) is 0 Å². The van der Waals surface area contributed by atoms with Crippen molar-refractivity contribution in [1.29, 1.82) is 0 Å². The van der Waals surface area contributed by atoms with E-state index in [-0.39, 0.29) is 0 Å². The Morgan fingerprint density at radius 2 is 2.00 bits per heavy atom. The van der Waals surface area contributed by atoms with E-state index in [0.29, 0.717) is 0 Å². The summed E-state index contributed by atoms with van der Waals surface area (Å²) in [5, 5.41) is 3.33. The molecule has 2 aromatic rings. The second-order valence-electron chi connectivity index (χ2n) is 5.11. The highest BCUT2D eigenvalue weighted by Crippen LogP contribution is 2.19. The molecule has 0 aliphatic rings. The Labute approximate surface area is 121 Å². The molecule has 1 N–H and O–H groups in total. The van der Waals surface area contributed by atoms with Crippen molar-refractivity contribution in [1.82, 2.24) is 4.98 Å². The van der Waals surface area contributed by atoms with Crippen LogP contribution in [0.1, 0.15) is 24.5 Å². The van der Waals surface area contributed by atoms with Gasteiger partial charge in [0.1, 0.15) is 5.82 Å². The quantitative estimate of drug-likeness (QED) is 0.863. The van der Waals surface area contributed by atoms with Crippen molar-refractivity contribution >= 4 is 11.5 Å². The van der Waals surface area contributed by atoms with Crippen molar-refractivity contribution in [3.8, 4) is 0 Å². The Morgan fingerprint density at radius 1 is 1.20 bits per heavy atom. The van der Waals surface area contributed by atoms with Crippen LogP contribution in [-0.4, -0.2) is 18.6 Å². The van der Waals surface area contributed by atoms with Gasteiger partial charge in [-0.3, -0.25) is 0 Å². The molecule has 0 radical (unpaired) electrons. The molecule has 0 aliphatic carbocycles. The number of pyridine rings is 1. The Morgan fingerprint density at radius 3 is 2.75 bits per heavy atom. The van der Waals surface area contributed by atoms with Crippen molar-refractivity contribution in [3.05, 3.63) is 53.7 Å². The molecule has 1 aromatic heterocycles. The van der Waals surface area contributed by atoms with Crippen LogP contribution in [0.4, 0.5) is 11.5 Å². The number of rotatable bonds is 6. The zero-order valence-corrected chi connectivity index (χ0v) is 12.6. The first kappa shape index (κ1) is 14.4. The fourth-order valence-electron chi connectivity index (χ4n) is 2.14. The van der Waals surface area contributed by atoms with Gasteiger partial charge in [-0.1, -0.05) is 31.2 Å². The van der Waals surface area contributed by atoms with Gasteiger partial charge in [0.05, 0.1) is 0 Å². The van der Waals surface area contributed by atoms with E-state index in [1.807, 2.05) is 6.20 Å². The third kappa shape index (κ3) is 3.73. The Balaban J connectivity index is 2.09. The maximum Gasteiger partial charge on any atom is 0.127 e. The van der Waals surface area contributed by atoms with Crippen LogP contribution in [0, 0.1) is 6.92 Å². The highest BCUT2D eigenvalue weighted by atomic mass is 15.1. The SMILES string of the molecule is CCCNc1cc(N(C)Cc2ccccc2C)ccn1. The largest absolute Gasteiger partial charge is 0.370 e. The van der Waals surface area contributed by atoms with Gasteiger partial charge in [0.2, 0.25) is 0 Å². The van der Waals surface area contributed by atoms with E-state index in [1.165, 1.54) is 16.8 Å². The monoisotopic (exact) mass is 269 g/mol. The molecule has 3 heteroatoms. The predicted molar refractivity (Wildman–Crippen MR) is 86.3 cm³/mol. The van der Waals surface area contributed by atoms with Crippen molar-refractivity contribution < 1.29 is 0 Å². The third-order valence-electron chi connectivity index (χ3n) is 3.41. The minimum absolute atomic E-state index is 0.907. The van der Waals surface area contributed by atoms with Crippen molar-refractivity contribution in [2.75, 3.05) is 23.8 Å². The van der Waals surface area contributed by atoms with Gasteiger partial charge in [0.25, 0.3) is 0 Å². The van der Waals surface area contributed by atoms with E-state index in [0.717, 1.165) is 25.3 Å². The highest BCUT2D eigenvalue weighted by Gasteiger charge is 2.05. The molecule has 1 aromatic carbocycles. The van der Waals surface area contributed by atoms with Gasteiger partial charge in [-0.15, -0.1) is 0 Å². The fraction of sp³-hybridized carbons (Fsp3) is 0.353. The van der Waals surface area contributed by atoms with Crippen LogP contribution >= 0.6 is 0 Å². The maximum atomic E-state index is 4.35. The zero-order valence-electron chi connectivity index (χ0n) is 12.6. The summed E-state index contributed by atoms with van der Waals surface area (Å²) in [5.41, 5.74) is 3.87. The molecule has 0 fully saturated rings. The van der Waals surface area contributed by atoms with Crippen LogP contribution in [0.15, 0.2) is 42.6 Å². The van der Waals surface area contributed by atoms with Crippen molar-refractivity contribution in [2.24, 2.45) is 0 Å². The van der Waals surface area contributed by atoms with Crippen LogP contribution in [0.3, 0.4) is 0 Å². The number of hydrogen-bond acceptors (Lipinski definition) is 3. The van der Waals surface area contributed by atoms with Crippen LogP contribution in [-0.2, 0) is 6.54 Å². The lowest BCUT2D eigenvalue weighted by Crippen LogP contribution is -2.17. The first-order chi connectivity index (χ1) is 9.70. The molecular formula is C17H23N3. The second-order valence-corrected chi connectivity index (χ2v) is 5.11. The lowest BCUT2D eigenvalue weighted by molar-refractivity contribution is 0.910. The Bertz CT molecular complexity index is 551. The molecule has 0 aliphatic heterocycles. The van der Waals surface area contributed by atoms with Gasteiger partial charge in [-0.05, 0) is 30.5 Å². The summed E-state index contributed by atoms with van der Waals surface area (Å²) in [6.07, 6.45) is 2.96. The number of nitrogens with zero attached hydrogens (tertiary/aromatic N) is 2. The number of nitrogens with one attached hydrogen (secondary N) is 1. The molecule has 0 saturated heterocycles. The first-order valence-corrected chi connectivity index (χ1v) is 7.16. The van der Waals surface area contributed by atoms with E-state index < -0.39 is 0 Å². The Kier molecular flexibility index (Phi) is 4.99. The topological polar surface area (TPSA) is 28.2 Å². The van der Waals surface area contributed by atoms with Crippen molar-refractivity contribution in [2.45, 2.75) is 26.8 Å². The number of benzene rings is 1. The van der Waals surface area contributed by atoms with Gasteiger partial charge in [-0.25, -0.2) is 4.98 Å². The molecule has 106 valence electrons. The van der Waals surface area contributed by atoms with E-state index >= 15 is 0 Å². The first-order valence-electron chi connectivity index (χ1n) is 7.16.